The van der Waals surface area contributed by atoms with Gasteiger partial charge in [-0.1, -0.05) is 11.3 Å². The zero-order chi connectivity index (χ0) is 17.0. The van der Waals surface area contributed by atoms with Gasteiger partial charge in [0.15, 0.2) is 0 Å². The topological polar surface area (TPSA) is 106 Å². The van der Waals surface area contributed by atoms with E-state index in [9.17, 15) is 14.7 Å². The van der Waals surface area contributed by atoms with E-state index in [0.717, 1.165) is 0 Å². The summed E-state index contributed by atoms with van der Waals surface area (Å²) in [7, 11) is 0. The van der Waals surface area contributed by atoms with E-state index in [-0.39, 0.29) is 12.5 Å². The van der Waals surface area contributed by atoms with Gasteiger partial charge < -0.3 is 15.2 Å². The van der Waals surface area contributed by atoms with Crippen LogP contribution < -0.4 is 5.32 Å². The van der Waals surface area contributed by atoms with E-state index in [1.54, 1.807) is 35.3 Å². The SMILES string of the molecule is O=C(NCC1(C(=O)O)CCOCC1)c1cccc(-n2ccnn2)c1. The van der Waals surface area contributed by atoms with Gasteiger partial charge in [0.2, 0.25) is 0 Å². The fourth-order valence-electron chi connectivity index (χ4n) is 2.72. The lowest BCUT2D eigenvalue weighted by atomic mass is 9.80. The molecule has 0 radical (unpaired) electrons. The first-order valence-electron chi connectivity index (χ1n) is 7.67. The van der Waals surface area contributed by atoms with Gasteiger partial charge in [-0.05, 0) is 31.0 Å². The molecule has 126 valence electrons. The van der Waals surface area contributed by atoms with Gasteiger partial charge in [0.25, 0.3) is 5.91 Å². The van der Waals surface area contributed by atoms with Crippen LogP contribution in [-0.2, 0) is 9.53 Å². The van der Waals surface area contributed by atoms with Crippen LogP contribution in [0.4, 0.5) is 0 Å². The molecule has 8 nitrogen and oxygen atoms in total. The zero-order valence-electron chi connectivity index (χ0n) is 13.0. The van der Waals surface area contributed by atoms with Crippen molar-refractivity contribution in [1.29, 1.82) is 0 Å². The van der Waals surface area contributed by atoms with Gasteiger partial charge in [0, 0.05) is 25.3 Å². The lowest BCUT2D eigenvalue weighted by Crippen LogP contribution is -2.46. The number of carbonyl (C=O) groups is 2. The van der Waals surface area contributed by atoms with Crippen molar-refractivity contribution in [2.24, 2.45) is 5.41 Å². The number of amides is 1. The number of rotatable bonds is 5. The second kappa shape index (κ2) is 6.79. The Morgan fingerprint density at radius 1 is 1.33 bits per heavy atom. The molecular weight excluding hydrogens is 312 g/mol. The highest BCUT2D eigenvalue weighted by Gasteiger charge is 2.40. The Hall–Kier alpha value is -2.74. The first-order valence-corrected chi connectivity index (χ1v) is 7.67. The third-order valence-electron chi connectivity index (χ3n) is 4.29. The molecule has 0 saturated carbocycles. The number of hydrogen-bond acceptors (Lipinski definition) is 5. The fraction of sp³-hybridized carbons (Fsp3) is 0.375. The third-order valence-corrected chi connectivity index (χ3v) is 4.29. The van der Waals surface area contributed by atoms with Crippen LogP contribution in [0.15, 0.2) is 36.7 Å². The summed E-state index contributed by atoms with van der Waals surface area (Å²) in [5.74, 6) is -1.22. The van der Waals surface area contributed by atoms with Gasteiger partial charge in [-0.3, -0.25) is 9.59 Å². The molecule has 3 rings (SSSR count). The van der Waals surface area contributed by atoms with Gasteiger partial charge >= 0.3 is 5.97 Å². The van der Waals surface area contributed by atoms with Crippen LogP contribution >= 0.6 is 0 Å². The van der Waals surface area contributed by atoms with Gasteiger partial charge in [-0.2, -0.15) is 0 Å². The van der Waals surface area contributed by atoms with Crippen LogP contribution in [0.5, 0.6) is 0 Å². The van der Waals surface area contributed by atoms with Crippen molar-refractivity contribution in [3.05, 3.63) is 42.2 Å². The van der Waals surface area contributed by atoms with Crippen LogP contribution in [0.25, 0.3) is 5.69 Å². The number of aliphatic carboxylic acids is 1. The molecule has 8 heteroatoms. The molecule has 0 bridgehead atoms. The maximum Gasteiger partial charge on any atom is 0.311 e. The largest absolute Gasteiger partial charge is 0.481 e. The Morgan fingerprint density at radius 3 is 2.79 bits per heavy atom. The van der Waals surface area contributed by atoms with E-state index < -0.39 is 11.4 Å². The Kier molecular flexibility index (Phi) is 4.57. The summed E-state index contributed by atoms with van der Waals surface area (Å²) in [6.07, 6.45) is 4.01. The van der Waals surface area contributed by atoms with Gasteiger partial charge in [-0.15, -0.1) is 5.10 Å². The molecule has 1 amide bonds. The first-order chi connectivity index (χ1) is 11.6. The predicted molar refractivity (Wildman–Crippen MR) is 83.8 cm³/mol. The highest BCUT2D eigenvalue weighted by atomic mass is 16.5. The average Bonchev–Trinajstić information content (AvgIpc) is 3.15. The Labute approximate surface area is 138 Å². The zero-order valence-corrected chi connectivity index (χ0v) is 13.0. The summed E-state index contributed by atoms with van der Waals surface area (Å²) in [5.41, 5.74) is 0.187. The second-order valence-electron chi connectivity index (χ2n) is 5.78. The number of hydrogen-bond donors (Lipinski definition) is 2. The number of carboxylic acid groups (broad SMARTS) is 1. The smallest absolute Gasteiger partial charge is 0.311 e. The summed E-state index contributed by atoms with van der Waals surface area (Å²) in [4.78, 5) is 24.0. The number of carboxylic acids is 1. The quantitative estimate of drug-likeness (QED) is 0.843. The van der Waals surface area contributed by atoms with Crippen molar-refractivity contribution < 1.29 is 19.4 Å². The molecular formula is C16H18N4O4. The molecule has 1 aromatic carbocycles. The maximum atomic E-state index is 12.4. The Balaban J connectivity index is 1.71. The van der Waals surface area contributed by atoms with Crippen LogP contribution in [0.3, 0.4) is 0 Å². The molecule has 1 aliphatic rings. The van der Waals surface area contributed by atoms with Crippen LogP contribution in [0.1, 0.15) is 23.2 Å². The molecule has 0 spiro atoms. The number of nitrogens with zero attached hydrogens (tertiary/aromatic N) is 3. The van der Waals surface area contributed by atoms with Crippen LogP contribution in [0, 0.1) is 5.41 Å². The molecule has 1 aromatic heterocycles. The van der Waals surface area contributed by atoms with Gasteiger partial charge in [-0.25, -0.2) is 4.68 Å². The van der Waals surface area contributed by atoms with Crippen molar-refractivity contribution in [1.82, 2.24) is 20.3 Å². The average molecular weight is 330 g/mol. The number of ether oxygens (including phenoxy) is 1. The van der Waals surface area contributed by atoms with E-state index in [2.05, 4.69) is 15.6 Å². The number of benzene rings is 1. The van der Waals surface area contributed by atoms with Crippen molar-refractivity contribution in [2.75, 3.05) is 19.8 Å². The van der Waals surface area contributed by atoms with E-state index in [0.29, 0.717) is 37.3 Å². The Bertz CT molecular complexity index is 723. The summed E-state index contributed by atoms with van der Waals surface area (Å²) in [6, 6.07) is 6.91. The molecule has 1 saturated heterocycles. The van der Waals surface area contributed by atoms with E-state index in [1.807, 2.05) is 6.07 Å². The first kappa shape index (κ1) is 16.1. The minimum atomic E-state index is -0.961. The van der Waals surface area contributed by atoms with Gasteiger partial charge in [0.1, 0.15) is 0 Å². The van der Waals surface area contributed by atoms with Crippen molar-refractivity contribution in [3.63, 3.8) is 0 Å². The molecule has 0 atom stereocenters. The van der Waals surface area contributed by atoms with Crippen molar-refractivity contribution in [2.45, 2.75) is 12.8 Å². The second-order valence-corrected chi connectivity index (χ2v) is 5.78. The Morgan fingerprint density at radius 2 is 2.12 bits per heavy atom. The summed E-state index contributed by atoms with van der Waals surface area (Å²) >= 11 is 0. The highest BCUT2D eigenvalue weighted by Crippen LogP contribution is 2.30. The molecule has 0 aliphatic carbocycles. The molecule has 2 N–H and O–H groups in total. The summed E-state index contributed by atoms with van der Waals surface area (Å²) in [5, 5.41) is 19.9. The van der Waals surface area contributed by atoms with E-state index >= 15 is 0 Å². The summed E-state index contributed by atoms with van der Waals surface area (Å²) in [6.45, 7) is 0.867. The molecule has 2 aromatic rings. The molecule has 2 heterocycles. The minimum absolute atomic E-state index is 0.0814. The third kappa shape index (κ3) is 3.28. The van der Waals surface area contributed by atoms with E-state index in [1.165, 1.54) is 0 Å². The molecule has 1 aliphatic heterocycles. The lowest BCUT2D eigenvalue weighted by Gasteiger charge is -2.33. The lowest BCUT2D eigenvalue weighted by molar-refractivity contribution is -0.154. The molecule has 24 heavy (non-hydrogen) atoms. The number of aromatic nitrogens is 3. The number of carbonyl (C=O) groups excluding carboxylic acids is 1. The highest BCUT2D eigenvalue weighted by molar-refractivity contribution is 5.95. The molecule has 0 unspecified atom stereocenters. The summed E-state index contributed by atoms with van der Waals surface area (Å²) < 4.78 is 6.78. The van der Waals surface area contributed by atoms with E-state index in [4.69, 9.17) is 4.74 Å². The predicted octanol–water partition coefficient (Wildman–Crippen LogP) is 0.878. The van der Waals surface area contributed by atoms with Gasteiger partial charge in [0.05, 0.1) is 23.5 Å². The maximum absolute atomic E-state index is 12.4. The molecule has 1 fully saturated rings. The van der Waals surface area contributed by atoms with Crippen molar-refractivity contribution >= 4 is 11.9 Å². The van der Waals surface area contributed by atoms with Crippen molar-refractivity contribution in [3.8, 4) is 5.69 Å². The normalized spacial score (nSPS) is 16.5. The van der Waals surface area contributed by atoms with Crippen LogP contribution in [-0.4, -0.2) is 51.7 Å². The van der Waals surface area contributed by atoms with Crippen LogP contribution in [0.2, 0.25) is 0 Å². The minimum Gasteiger partial charge on any atom is -0.481 e. The standard InChI is InChI=1S/C16H18N4O4/c21-14(17-11-16(15(22)23)4-8-24-9-5-16)12-2-1-3-13(10-12)20-7-6-18-19-20/h1-3,6-7,10H,4-5,8-9,11H2,(H,17,21)(H,22,23). The monoisotopic (exact) mass is 330 g/mol. The number of nitrogens with one attached hydrogen (secondary N) is 1. The fourth-order valence-corrected chi connectivity index (χ4v) is 2.72.